The Bertz CT molecular complexity index is 1080. The molecule has 1 N–H and O–H groups in total. The highest BCUT2D eigenvalue weighted by Crippen LogP contribution is 2.19. The summed E-state index contributed by atoms with van der Waals surface area (Å²) >= 11 is 0. The van der Waals surface area contributed by atoms with Gasteiger partial charge in [-0.1, -0.05) is 60.7 Å². The number of hydrogen-bond donors (Lipinski definition) is 1. The van der Waals surface area contributed by atoms with Crippen LogP contribution in [0.4, 0.5) is 0 Å². The maximum Gasteiger partial charge on any atom is 0.242 e. The molecular weight excluding hydrogens is 360 g/mol. The molecule has 0 bridgehead atoms. The SMILES string of the molecule is CN(C)S(=O)(=O)c1ccccc1CNC(=O)Cc1ccc2ccccc2c1. The van der Waals surface area contributed by atoms with Crippen molar-refractivity contribution in [1.82, 2.24) is 9.62 Å². The lowest BCUT2D eigenvalue weighted by Crippen LogP contribution is -2.27. The van der Waals surface area contributed by atoms with Crippen LogP contribution in [0.25, 0.3) is 10.8 Å². The van der Waals surface area contributed by atoms with Crippen molar-refractivity contribution in [3.8, 4) is 0 Å². The topological polar surface area (TPSA) is 66.5 Å². The van der Waals surface area contributed by atoms with Crippen molar-refractivity contribution in [3.63, 3.8) is 0 Å². The van der Waals surface area contributed by atoms with Crippen molar-refractivity contribution >= 4 is 26.7 Å². The standard InChI is InChI=1S/C21H22N2O3S/c1-23(2)27(25,26)20-10-6-5-9-19(20)15-22-21(24)14-16-11-12-17-7-3-4-8-18(17)13-16/h3-13H,14-15H2,1-2H3,(H,22,24). The molecule has 0 saturated heterocycles. The number of benzene rings is 3. The average Bonchev–Trinajstić information content (AvgIpc) is 2.66. The lowest BCUT2D eigenvalue weighted by atomic mass is 10.0. The first-order chi connectivity index (χ1) is 12.9. The van der Waals surface area contributed by atoms with Crippen molar-refractivity contribution in [3.05, 3.63) is 77.9 Å². The fraction of sp³-hybridized carbons (Fsp3) is 0.190. The van der Waals surface area contributed by atoms with E-state index in [-0.39, 0.29) is 23.8 Å². The maximum absolute atomic E-state index is 12.4. The normalized spacial score (nSPS) is 11.7. The second-order valence-corrected chi connectivity index (χ2v) is 8.65. The van der Waals surface area contributed by atoms with E-state index in [1.165, 1.54) is 18.4 Å². The van der Waals surface area contributed by atoms with E-state index in [0.29, 0.717) is 5.56 Å². The van der Waals surface area contributed by atoms with Gasteiger partial charge < -0.3 is 5.32 Å². The Kier molecular flexibility index (Phi) is 5.58. The summed E-state index contributed by atoms with van der Waals surface area (Å²) in [6, 6.07) is 20.6. The molecule has 0 aromatic heterocycles. The molecule has 140 valence electrons. The number of carbonyl (C=O) groups is 1. The minimum absolute atomic E-state index is 0.151. The van der Waals surface area contributed by atoms with Crippen LogP contribution in [-0.4, -0.2) is 32.7 Å². The van der Waals surface area contributed by atoms with Crippen LogP contribution in [0.3, 0.4) is 0 Å². The van der Waals surface area contributed by atoms with E-state index in [9.17, 15) is 13.2 Å². The molecule has 0 radical (unpaired) electrons. The Labute approximate surface area is 159 Å². The Balaban J connectivity index is 1.71. The van der Waals surface area contributed by atoms with Gasteiger partial charge in [0.05, 0.1) is 11.3 Å². The molecule has 3 aromatic carbocycles. The predicted molar refractivity (Wildman–Crippen MR) is 107 cm³/mol. The molecule has 6 heteroatoms. The number of rotatable bonds is 6. The zero-order valence-electron chi connectivity index (χ0n) is 15.3. The van der Waals surface area contributed by atoms with Crippen LogP contribution in [0.2, 0.25) is 0 Å². The van der Waals surface area contributed by atoms with Crippen LogP contribution in [0.5, 0.6) is 0 Å². The smallest absolute Gasteiger partial charge is 0.242 e. The van der Waals surface area contributed by atoms with Gasteiger partial charge in [0.2, 0.25) is 15.9 Å². The Morgan fingerprint density at radius 1 is 0.926 bits per heavy atom. The van der Waals surface area contributed by atoms with Gasteiger partial charge in [-0.2, -0.15) is 0 Å². The third kappa shape index (κ3) is 4.35. The first-order valence-corrected chi connectivity index (χ1v) is 10.1. The van der Waals surface area contributed by atoms with Gasteiger partial charge in [0.15, 0.2) is 0 Å². The molecule has 5 nitrogen and oxygen atoms in total. The minimum atomic E-state index is -3.56. The minimum Gasteiger partial charge on any atom is -0.352 e. The van der Waals surface area contributed by atoms with Crippen molar-refractivity contribution in [2.24, 2.45) is 0 Å². The van der Waals surface area contributed by atoms with Crippen LogP contribution in [0.1, 0.15) is 11.1 Å². The van der Waals surface area contributed by atoms with Crippen LogP contribution in [0.15, 0.2) is 71.6 Å². The molecule has 0 spiro atoms. The number of amides is 1. The van der Waals surface area contributed by atoms with Gasteiger partial charge >= 0.3 is 0 Å². The maximum atomic E-state index is 12.4. The molecule has 0 aliphatic carbocycles. The molecule has 0 saturated carbocycles. The summed E-state index contributed by atoms with van der Waals surface area (Å²) in [7, 11) is -0.576. The van der Waals surface area contributed by atoms with E-state index in [2.05, 4.69) is 5.32 Å². The third-order valence-corrected chi connectivity index (χ3v) is 6.30. The van der Waals surface area contributed by atoms with Crippen LogP contribution in [-0.2, 0) is 27.8 Å². The summed E-state index contributed by atoms with van der Waals surface area (Å²) in [4.78, 5) is 12.6. The number of fused-ring (bicyclic) bond motifs is 1. The summed E-state index contributed by atoms with van der Waals surface area (Å²) in [6.45, 7) is 0.162. The highest BCUT2D eigenvalue weighted by molar-refractivity contribution is 7.89. The molecule has 1 amide bonds. The zero-order valence-corrected chi connectivity index (χ0v) is 16.2. The Morgan fingerprint density at radius 3 is 2.33 bits per heavy atom. The lowest BCUT2D eigenvalue weighted by molar-refractivity contribution is -0.120. The van der Waals surface area contributed by atoms with Crippen LogP contribution in [0, 0.1) is 0 Å². The molecule has 27 heavy (non-hydrogen) atoms. The molecular formula is C21H22N2O3S. The van der Waals surface area contributed by atoms with Crippen molar-refractivity contribution in [2.75, 3.05) is 14.1 Å². The molecule has 0 fully saturated rings. The van der Waals surface area contributed by atoms with Gasteiger partial charge in [-0.3, -0.25) is 4.79 Å². The number of sulfonamides is 1. The van der Waals surface area contributed by atoms with Gasteiger partial charge in [-0.25, -0.2) is 12.7 Å². The van der Waals surface area contributed by atoms with Gasteiger partial charge in [-0.15, -0.1) is 0 Å². The van der Waals surface area contributed by atoms with E-state index in [1.807, 2.05) is 42.5 Å². The van der Waals surface area contributed by atoms with Crippen molar-refractivity contribution in [2.45, 2.75) is 17.9 Å². The number of nitrogens with zero attached hydrogens (tertiary/aromatic N) is 1. The molecule has 3 rings (SSSR count). The fourth-order valence-corrected chi connectivity index (χ4v) is 4.00. The highest BCUT2D eigenvalue weighted by Gasteiger charge is 2.20. The van der Waals surface area contributed by atoms with E-state index < -0.39 is 10.0 Å². The number of hydrogen-bond acceptors (Lipinski definition) is 3. The summed E-state index contributed by atoms with van der Waals surface area (Å²) in [6.07, 6.45) is 0.243. The average molecular weight is 382 g/mol. The second-order valence-electron chi connectivity index (χ2n) is 6.53. The number of nitrogens with one attached hydrogen (secondary N) is 1. The van der Waals surface area contributed by atoms with Crippen LogP contribution >= 0.6 is 0 Å². The summed E-state index contributed by atoms with van der Waals surface area (Å²) in [5, 5.41) is 5.04. The third-order valence-electron chi connectivity index (χ3n) is 4.39. The van der Waals surface area contributed by atoms with E-state index in [1.54, 1.807) is 24.3 Å². The quantitative estimate of drug-likeness (QED) is 0.713. The molecule has 0 heterocycles. The fourth-order valence-electron chi connectivity index (χ4n) is 2.89. The van der Waals surface area contributed by atoms with Crippen LogP contribution < -0.4 is 5.32 Å². The summed E-state index contributed by atoms with van der Waals surface area (Å²) < 4.78 is 26.0. The molecule has 0 aliphatic rings. The number of carbonyl (C=O) groups excluding carboxylic acids is 1. The van der Waals surface area contributed by atoms with E-state index >= 15 is 0 Å². The molecule has 0 aliphatic heterocycles. The second kappa shape index (κ2) is 7.90. The van der Waals surface area contributed by atoms with E-state index in [0.717, 1.165) is 16.3 Å². The summed E-state index contributed by atoms with van der Waals surface area (Å²) in [5.41, 5.74) is 1.48. The highest BCUT2D eigenvalue weighted by atomic mass is 32.2. The predicted octanol–water partition coefficient (Wildman–Crippen LogP) is 2.95. The van der Waals surface area contributed by atoms with E-state index in [4.69, 9.17) is 0 Å². The monoisotopic (exact) mass is 382 g/mol. The molecule has 0 unspecified atom stereocenters. The Hall–Kier alpha value is -2.70. The first-order valence-electron chi connectivity index (χ1n) is 8.63. The molecule has 0 atom stereocenters. The van der Waals surface area contributed by atoms with Crippen molar-refractivity contribution < 1.29 is 13.2 Å². The largest absolute Gasteiger partial charge is 0.352 e. The van der Waals surface area contributed by atoms with Gasteiger partial charge in [0, 0.05) is 20.6 Å². The zero-order chi connectivity index (χ0) is 19.4. The Morgan fingerprint density at radius 2 is 1.59 bits per heavy atom. The summed E-state index contributed by atoms with van der Waals surface area (Å²) in [5.74, 6) is -0.151. The van der Waals surface area contributed by atoms with Gasteiger partial charge in [0.1, 0.15) is 0 Å². The first kappa shape index (κ1) is 19.1. The van der Waals surface area contributed by atoms with Crippen molar-refractivity contribution in [1.29, 1.82) is 0 Å². The molecule has 3 aromatic rings. The lowest BCUT2D eigenvalue weighted by Gasteiger charge is -2.15. The van der Waals surface area contributed by atoms with Gasteiger partial charge in [0.25, 0.3) is 0 Å². The van der Waals surface area contributed by atoms with Gasteiger partial charge in [-0.05, 0) is 28.0 Å².